The molecule has 3 atom stereocenters. The van der Waals surface area contributed by atoms with Crippen LogP contribution in [0.2, 0.25) is 0 Å². The van der Waals surface area contributed by atoms with E-state index >= 15 is 0 Å². The first-order chi connectivity index (χ1) is 20.4. The second-order valence-corrected chi connectivity index (χ2v) is 12.9. The van der Waals surface area contributed by atoms with Gasteiger partial charge in [-0.2, -0.15) is 0 Å². The number of aliphatic carboxylic acids is 1. The quantitative estimate of drug-likeness (QED) is 0.313. The molecule has 2 aromatic rings. The Morgan fingerprint density at radius 1 is 0.976 bits per heavy atom. The molecular weight excluding hydrogens is 532 g/mol. The molecule has 0 bridgehead atoms. The molecule has 2 aromatic carbocycles. The normalized spacial score (nSPS) is 23.9. The van der Waals surface area contributed by atoms with E-state index in [9.17, 15) is 18.7 Å². The molecule has 2 saturated heterocycles. The Morgan fingerprint density at radius 2 is 1.71 bits per heavy atom. The molecule has 5 rings (SSSR count). The molecule has 3 fully saturated rings. The van der Waals surface area contributed by atoms with Crippen LogP contribution in [0.1, 0.15) is 75.3 Å². The third-order valence-electron chi connectivity index (χ3n) is 10.3. The first-order valence-electron chi connectivity index (χ1n) is 16.3. The van der Waals surface area contributed by atoms with Crippen molar-refractivity contribution in [2.45, 2.75) is 82.7 Å². The Morgan fingerprint density at radius 3 is 2.38 bits per heavy atom. The lowest BCUT2D eigenvalue weighted by Gasteiger charge is -2.39. The van der Waals surface area contributed by atoms with Crippen LogP contribution in [0.5, 0.6) is 0 Å². The highest BCUT2D eigenvalue weighted by atomic mass is 19.2. The van der Waals surface area contributed by atoms with Gasteiger partial charge in [0.15, 0.2) is 11.6 Å². The summed E-state index contributed by atoms with van der Waals surface area (Å²) in [5.41, 5.74) is 2.19. The minimum absolute atomic E-state index is 0.268. The molecule has 0 aromatic heterocycles. The van der Waals surface area contributed by atoms with Gasteiger partial charge in [-0.25, -0.2) is 8.78 Å². The Labute approximate surface area is 250 Å². The van der Waals surface area contributed by atoms with Gasteiger partial charge in [-0.05, 0) is 99.8 Å². The summed E-state index contributed by atoms with van der Waals surface area (Å²) in [6.45, 7) is 9.01. The molecule has 5 nitrogen and oxygen atoms in total. The zero-order chi connectivity index (χ0) is 29.5. The lowest BCUT2D eigenvalue weighted by atomic mass is 9.83. The van der Waals surface area contributed by atoms with Gasteiger partial charge in [0, 0.05) is 31.6 Å². The number of carboxylic acid groups (broad SMARTS) is 1. The Hall–Kier alpha value is -2.35. The highest BCUT2D eigenvalue weighted by molar-refractivity contribution is 5.74. The van der Waals surface area contributed by atoms with Crippen molar-refractivity contribution < 1.29 is 18.7 Å². The van der Waals surface area contributed by atoms with Crippen molar-refractivity contribution in [2.75, 3.05) is 45.8 Å². The van der Waals surface area contributed by atoms with E-state index in [-0.39, 0.29) is 12.0 Å². The number of likely N-dealkylation sites (tertiary alicyclic amines) is 2. The van der Waals surface area contributed by atoms with E-state index in [4.69, 9.17) is 0 Å². The minimum atomic E-state index is -0.785. The van der Waals surface area contributed by atoms with Crippen molar-refractivity contribution in [3.63, 3.8) is 0 Å². The number of rotatable bonds is 12. The van der Waals surface area contributed by atoms with Crippen LogP contribution >= 0.6 is 0 Å². The van der Waals surface area contributed by atoms with Crippen molar-refractivity contribution in [3.8, 4) is 0 Å². The third-order valence-corrected chi connectivity index (χ3v) is 10.3. The van der Waals surface area contributed by atoms with Crippen LogP contribution in [0.4, 0.5) is 8.78 Å². The van der Waals surface area contributed by atoms with Gasteiger partial charge in [-0.15, -0.1) is 0 Å². The lowest BCUT2D eigenvalue weighted by molar-refractivity contribution is -0.145. The molecule has 42 heavy (non-hydrogen) atoms. The van der Waals surface area contributed by atoms with E-state index in [2.05, 4.69) is 52.0 Å². The first kappa shape index (κ1) is 31.1. The number of carboxylic acids is 1. The highest BCUT2D eigenvalue weighted by Crippen LogP contribution is 2.38. The SMILES string of the molecule is CCN(CCCc1ccc(F)c(F)c1)C1CCN(C[C@H]2CN([C@@H](C(=O)O)C3CCCCC3)C[C@@H]2c2ccccc2)CC1. The van der Waals surface area contributed by atoms with Crippen LogP contribution in [0.15, 0.2) is 48.5 Å². The molecule has 1 saturated carbocycles. The summed E-state index contributed by atoms with van der Waals surface area (Å²) in [6.07, 6.45) is 9.57. The highest BCUT2D eigenvalue weighted by Gasteiger charge is 2.43. The average molecular weight is 582 g/mol. The van der Waals surface area contributed by atoms with Gasteiger partial charge in [-0.3, -0.25) is 9.69 Å². The van der Waals surface area contributed by atoms with Gasteiger partial charge in [-0.1, -0.05) is 62.6 Å². The Balaban J connectivity index is 1.16. The number of carbonyl (C=O) groups is 1. The van der Waals surface area contributed by atoms with E-state index in [1.807, 2.05) is 0 Å². The smallest absolute Gasteiger partial charge is 0.321 e. The molecule has 1 N–H and O–H groups in total. The van der Waals surface area contributed by atoms with Crippen molar-refractivity contribution in [2.24, 2.45) is 11.8 Å². The second kappa shape index (κ2) is 14.9. The molecule has 3 aliphatic rings. The Bertz CT molecular complexity index is 1130. The number of halogens is 2. The maximum Gasteiger partial charge on any atom is 0.321 e. The van der Waals surface area contributed by atoms with Crippen molar-refractivity contribution in [3.05, 3.63) is 71.3 Å². The molecule has 0 spiro atoms. The summed E-state index contributed by atoms with van der Waals surface area (Å²) in [7, 11) is 0. The molecule has 230 valence electrons. The fourth-order valence-electron chi connectivity index (χ4n) is 8.08. The average Bonchev–Trinajstić information content (AvgIpc) is 3.41. The summed E-state index contributed by atoms with van der Waals surface area (Å²) < 4.78 is 26.9. The Kier molecular flexibility index (Phi) is 11.0. The zero-order valence-corrected chi connectivity index (χ0v) is 25.3. The lowest BCUT2D eigenvalue weighted by Crippen LogP contribution is -2.47. The molecule has 0 radical (unpaired) electrons. The van der Waals surface area contributed by atoms with Gasteiger partial charge >= 0.3 is 5.97 Å². The second-order valence-electron chi connectivity index (χ2n) is 12.9. The van der Waals surface area contributed by atoms with Crippen LogP contribution < -0.4 is 0 Å². The molecule has 2 aliphatic heterocycles. The summed E-state index contributed by atoms with van der Waals surface area (Å²) in [5.74, 6) is -1.14. The summed E-state index contributed by atoms with van der Waals surface area (Å²) >= 11 is 0. The van der Waals surface area contributed by atoms with E-state index in [0.717, 1.165) is 103 Å². The van der Waals surface area contributed by atoms with Gasteiger partial charge < -0.3 is 14.9 Å². The number of benzene rings is 2. The molecule has 0 amide bonds. The summed E-state index contributed by atoms with van der Waals surface area (Å²) in [5, 5.41) is 10.3. The van der Waals surface area contributed by atoms with E-state index in [1.54, 1.807) is 6.07 Å². The molecule has 1 aliphatic carbocycles. The predicted octanol–water partition coefficient (Wildman–Crippen LogP) is 6.43. The fraction of sp³-hybridized carbons (Fsp3) is 0.629. The van der Waals surface area contributed by atoms with Crippen LogP contribution in [-0.4, -0.2) is 83.7 Å². The van der Waals surface area contributed by atoms with E-state index in [0.29, 0.717) is 17.9 Å². The number of piperidine rings is 1. The third kappa shape index (κ3) is 7.78. The molecular formula is C35H49F2N3O2. The van der Waals surface area contributed by atoms with Crippen LogP contribution in [0, 0.1) is 23.5 Å². The van der Waals surface area contributed by atoms with E-state index < -0.39 is 17.6 Å². The van der Waals surface area contributed by atoms with Crippen molar-refractivity contribution >= 4 is 5.97 Å². The maximum absolute atomic E-state index is 13.6. The number of hydrogen-bond acceptors (Lipinski definition) is 4. The largest absolute Gasteiger partial charge is 0.480 e. The van der Waals surface area contributed by atoms with Gasteiger partial charge in [0.2, 0.25) is 0 Å². The maximum atomic E-state index is 13.6. The van der Waals surface area contributed by atoms with E-state index in [1.165, 1.54) is 24.1 Å². The minimum Gasteiger partial charge on any atom is -0.480 e. The monoisotopic (exact) mass is 581 g/mol. The fourth-order valence-corrected chi connectivity index (χ4v) is 8.08. The van der Waals surface area contributed by atoms with Gasteiger partial charge in [0.25, 0.3) is 0 Å². The molecule has 2 heterocycles. The van der Waals surface area contributed by atoms with Crippen molar-refractivity contribution in [1.82, 2.24) is 14.7 Å². The summed E-state index contributed by atoms with van der Waals surface area (Å²) in [4.78, 5) is 20.0. The topological polar surface area (TPSA) is 47.0 Å². The number of nitrogens with zero attached hydrogens (tertiary/aromatic N) is 3. The van der Waals surface area contributed by atoms with Gasteiger partial charge in [0.1, 0.15) is 6.04 Å². The molecule has 0 unspecified atom stereocenters. The van der Waals surface area contributed by atoms with Crippen LogP contribution in [0.25, 0.3) is 0 Å². The van der Waals surface area contributed by atoms with Crippen LogP contribution in [0.3, 0.4) is 0 Å². The summed E-state index contributed by atoms with van der Waals surface area (Å²) in [6, 6.07) is 15.2. The zero-order valence-electron chi connectivity index (χ0n) is 25.3. The first-order valence-corrected chi connectivity index (χ1v) is 16.3. The number of hydrogen-bond donors (Lipinski definition) is 1. The standard InChI is InChI=1S/C35H49F2N3O2/c1-2-39(19-9-10-26-15-16-32(36)33(37)22-26)30-17-20-38(21-18-30)23-29-24-40(25-31(29)27-11-5-3-6-12-27)34(35(41)42)28-13-7-4-8-14-28/h3,5-6,11-12,15-16,22,28-31,34H,2,4,7-10,13-14,17-21,23-25H2,1H3,(H,41,42)/t29-,31+,34+/m0/s1. The number of aryl methyl sites for hydroxylation is 1. The molecule has 7 heteroatoms. The van der Waals surface area contributed by atoms with Gasteiger partial charge in [0.05, 0.1) is 0 Å². The van der Waals surface area contributed by atoms with Crippen LogP contribution in [-0.2, 0) is 11.2 Å². The van der Waals surface area contributed by atoms with Crippen molar-refractivity contribution in [1.29, 1.82) is 0 Å². The predicted molar refractivity (Wildman–Crippen MR) is 164 cm³/mol.